The minimum absolute atomic E-state index is 0.0391. The Labute approximate surface area is 191 Å². The lowest BCUT2D eigenvalue weighted by atomic mass is 9.90. The molecule has 0 radical (unpaired) electrons. The van der Waals surface area contributed by atoms with Crippen molar-refractivity contribution < 1.29 is 9.21 Å². The number of hydrogen-bond acceptors (Lipinski definition) is 5. The Kier molecular flexibility index (Phi) is 6.07. The van der Waals surface area contributed by atoms with E-state index in [4.69, 9.17) is 4.42 Å². The van der Waals surface area contributed by atoms with Gasteiger partial charge in [-0.2, -0.15) is 0 Å². The lowest BCUT2D eigenvalue weighted by Crippen LogP contribution is -2.17. The minimum Gasteiger partial charge on any atom is -0.461 e. The molecule has 4 aromatic rings. The van der Waals surface area contributed by atoms with E-state index in [1.54, 1.807) is 6.26 Å². The summed E-state index contributed by atoms with van der Waals surface area (Å²) >= 11 is 1.38. The summed E-state index contributed by atoms with van der Waals surface area (Å²) in [5.74, 6) is 1.52. The Morgan fingerprint density at radius 2 is 1.88 bits per heavy atom. The zero-order valence-corrected chi connectivity index (χ0v) is 18.5. The molecule has 0 atom stereocenters. The van der Waals surface area contributed by atoms with Gasteiger partial charge in [0.1, 0.15) is 0 Å². The second kappa shape index (κ2) is 9.44. The number of benzene rings is 2. The van der Waals surface area contributed by atoms with Gasteiger partial charge < -0.3 is 9.73 Å². The van der Waals surface area contributed by atoms with Crippen molar-refractivity contribution in [1.82, 2.24) is 14.8 Å². The largest absolute Gasteiger partial charge is 0.461 e. The molecule has 0 saturated carbocycles. The lowest BCUT2D eigenvalue weighted by molar-refractivity contribution is -0.113. The number of nitrogens with one attached hydrogen (secondary N) is 1. The average molecular weight is 445 g/mol. The molecule has 0 aliphatic heterocycles. The molecule has 2 aromatic carbocycles. The fraction of sp³-hybridized carbons (Fsp3) is 0.240. The third-order valence-electron chi connectivity index (χ3n) is 5.64. The number of furan rings is 1. The SMILES string of the molecule is O=C(CSc1nnc(-c2ccco2)n1Cc1ccccc1)Nc1cccc2c1CCCC2. The van der Waals surface area contributed by atoms with Gasteiger partial charge in [0.15, 0.2) is 10.9 Å². The first kappa shape index (κ1) is 20.6. The predicted molar refractivity (Wildman–Crippen MR) is 126 cm³/mol. The zero-order chi connectivity index (χ0) is 21.8. The second-order valence-corrected chi connectivity index (χ2v) is 8.78. The normalized spacial score (nSPS) is 13.0. The molecule has 6 nitrogen and oxygen atoms in total. The van der Waals surface area contributed by atoms with Crippen LogP contribution in [0.25, 0.3) is 11.6 Å². The van der Waals surface area contributed by atoms with E-state index in [-0.39, 0.29) is 11.7 Å². The van der Waals surface area contributed by atoms with Crippen molar-refractivity contribution in [3.8, 4) is 11.6 Å². The molecule has 2 heterocycles. The van der Waals surface area contributed by atoms with E-state index in [0.717, 1.165) is 24.1 Å². The molecule has 1 amide bonds. The molecular weight excluding hydrogens is 420 g/mol. The maximum atomic E-state index is 12.8. The molecule has 0 saturated heterocycles. The summed E-state index contributed by atoms with van der Waals surface area (Å²) < 4.78 is 7.55. The van der Waals surface area contributed by atoms with Crippen LogP contribution in [0.3, 0.4) is 0 Å². The van der Waals surface area contributed by atoms with E-state index in [1.807, 2.05) is 47.0 Å². The van der Waals surface area contributed by atoms with Gasteiger partial charge in [-0.1, -0.05) is 54.2 Å². The summed E-state index contributed by atoms with van der Waals surface area (Å²) in [5.41, 5.74) is 4.70. The van der Waals surface area contributed by atoms with Crippen LogP contribution in [0.5, 0.6) is 0 Å². The zero-order valence-electron chi connectivity index (χ0n) is 17.7. The maximum Gasteiger partial charge on any atom is 0.234 e. The first-order chi connectivity index (χ1) is 15.8. The van der Waals surface area contributed by atoms with Crippen LogP contribution >= 0.6 is 11.8 Å². The van der Waals surface area contributed by atoms with E-state index in [2.05, 4.69) is 33.7 Å². The summed E-state index contributed by atoms with van der Waals surface area (Å²) in [7, 11) is 0. The van der Waals surface area contributed by atoms with E-state index in [1.165, 1.54) is 35.7 Å². The molecule has 2 aromatic heterocycles. The van der Waals surface area contributed by atoms with Crippen LogP contribution in [0.15, 0.2) is 76.5 Å². The van der Waals surface area contributed by atoms with Crippen molar-refractivity contribution in [1.29, 1.82) is 0 Å². The fourth-order valence-electron chi connectivity index (χ4n) is 4.11. The van der Waals surface area contributed by atoms with Crippen molar-refractivity contribution in [2.24, 2.45) is 0 Å². The van der Waals surface area contributed by atoms with E-state index < -0.39 is 0 Å². The molecule has 0 unspecified atom stereocenters. The van der Waals surface area contributed by atoms with Gasteiger partial charge in [-0.15, -0.1) is 10.2 Å². The molecule has 32 heavy (non-hydrogen) atoms. The molecule has 0 bridgehead atoms. The summed E-state index contributed by atoms with van der Waals surface area (Å²) in [5, 5.41) is 12.5. The van der Waals surface area contributed by atoms with Gasteiger partial charge in [0.2, 0.25) is 11.7 Å². The summed E-state index contributed by atoms with van der Waals surface area (Å²) in [6.07, 6.45) is 6.13. The van der Waals surface area contributed by atoms with Crippen LogP contribution in [-0.2, 0) is 24.2 Å². The van der Waals surface area contributed by atoms with Crippen LogP contribution < -0.4 is 5.32 Å². The standard InChI is InChI=1S/C25H24N4O2S/c30-23(26-21-13-6-11-19-10-4-5-12-20(19)21)17-32-25-28-27-24(22-14-7-15-31-22)29(25)16-18-8-2-1-3-9-18/h1-3,6-9,11,13-15H,4-5,10,12,16-17H2,(H,26,30). The topological polar surface area (TPSA) is 73.0 Å². The van der Waals surface area contributed by atoms with Crippen molar-refractivity contribution in [2.75, 3.05) is 11.1 Å². The molecule has 1 aliphatic rings. The molecular formula is C25H24N4O2S. The number of rotatable bonds is 7. The van der Waals surface area contributed by atoms with Crippen molar-refractivity contribution in [3.63, 3.8) is 0 Å². The molecule has 7 heteroatoms. The third kappa shape index (κ3) is 4.48. The highest BCUT2D eigenvalue weighted by Crippen LogP contribution is 2.29. The Balaban J connectivity index is 1.33. The highest BCUT2D eigenvalue weighted by atomic mass is 32.2. The number of amides is 1. The van der Waals surface area contributed by atoms with Gasteiger partial charge >= 0.3 is 0 Å². The van der Waals surface area contributed by atoms with Crippen LogP contribution in [0.1, 0.15) is 29.5 Å². The van der Waals surface area contributed by atoms with E-state index in [9.17, 15) is 4.79 Å². The number of thioether (sulfide) groups is 1. The quantitative estimate of drug-likeness (QED) is 0.397. The van der Waals surface area contributed by atoms with Gasteiger partial charge in [-0.25, -0.2) is 0 Å². The van der Waals surface area contributed by atoms with Gasteiger partial charge in [-0.05, 0) is 60.6 Å². The first-order valence-corrected chi connectivity index (χ1v) is 11.8. The average Bonchev–Trinajstić information content (AvgIpc) is 3.49. The van der Waals surface area contributed by atoms with Crippen LogP contribution in [-0.4, -0.2) is 26.4 Å². The molecule has 0 spiro atoms. The molecule has 1 N–H and O–H groups in total. The van der Waals surface area contributed by atoms with Gasteiger partial charge in [-0.3, -0.25) is 9.36 Å². The summed E-state index contributed by atoms with van der Waals surface area (Å²) in [6, 6.07) is 20.0. The molecule has 1 aliphatic carbocycles. The monoisotopic (exact) mass is 444 g/mol. The van der Waals surface area contributed by atoms with Crippen molar-refractivity contribution in [3.05, 3.63) is 83.6 Å². The highest BCUT2D eigenvalue weighted by Gasteiger charge is 2.19. The van der Waals surface area contributed by atoms with E-state index >= 15 is 0 Å². The Morgan fingerprint density at radius 1 is 1.00 bits per heavy atom. The first-order valence-electron chi connectivity index (χ1n) is 10.8. The molecule has 0 fully saturated rings. The van der Waals surface area contributed by atoms with Crippen LogP contribution in [0.2, 0.25) is 0 Å². The lowest BCUT2D eigenvalue weighted by Gasteiger charge is -2.19. The number of aromatic nitrogens is 3. The Bertz CT molecular complexity index is 1200. The number of carbonyl (C=O) groups is 1. The number of hydrogen-bond donors (Lipinski definition) is 1. The predicted octanol–water partition coefficient (Wildman–Crippen LogP) is 5.20. The number of nitrogens with zero attached hydrogens (tertiary/aromatic N) is 3. The summed E-state index contributed by atoms with van der Waals surface area (Å²) in [6.45, 7) is 0.597. The molecule has 162 valence electrons. The van der Waals surface area contributed by atoms with Crippen LogP contribution in [0, 0.1) is 0 Å². The highest BCUT2D eigenvalue weighted by molar-refractivity contribution is 7.99. The van der Waals surface area contributed by atoms with Gasteiger partial charge in [0.05, 0.1) is 18.6 Å². The van der Waals surface area contributed by atoms with E-state index in [0.29, 0.717) is 23.3 Å². The van der Waals surface area contributed by atoms with Crippen molar-refractivity contribution >= 4 is 23.4 Å². The molecule has 5 rings (SSSR count). The maximum absolute atomic E-state index is 12.8. The second-order valence-electron chi connectivity index (χ2n) is 7.84. The fourth-order valence-corrected chi connectivity index (χ4v) is 4.84. The minimum atomic E-state index is -0.0391. The Morgan fingerprint density at radius 3 is 2.72 bits per heavy atom. The van der Waals surface area contributed by atoms with Crippen molar-refractivity contribution in [2.45, 2.75) is 37.4 Å². The summed E-state index contributed by atoms with van der Waals surface area (Å²) in [4.78, 5) is 12.8. The number of aryl methyl sites for hydroxylation is 1. The van der Waals surface area contributed by atoms with Crippen LogP contribution in [0.4, 0.5) is 5.69 Å². The Hall–Kier alpha value is -3.32. The smallest absolute Gasteiger partial charge is 0.234 e. The van der Waals surface area contributed by atoms with Gasteiger partial charge in [0, 0.05) is 5.69 Å². The number of anilines is 1. The number of carbonyl (C=O) groups excluding carboxylic acids is 1. The number of fused-ring (bicyclic) bond motifs is 1. The van der Waals surface area contributed by atoms with Gasteiger partial charge in [0.25, 0.3) is 0 Å². The third-order valence-corrected chi connectivity index (χ3v) is 6.61.